The molecule has 13 heterocycles. The zero-order chi connectivity index (χ0) is 79.3. The van der Waals surface area contributed by atoms with E-state index in [1.165, 1.54) is 34.0 Å². The van der Waals surface area contributed by atoms with Gasteiger partial charge in [-0.05, 0) is 159 Å². The van der Waals surface area contributed by atoms with E-state index < -0.39 is 0 Å². The lowest BCUT2D eigenvalue weighted by Gasteiger charge is -2.08. The molecule has 37 heteroatoms. The average Bonchev–Trinajstić information content (AvgIpc) is 1.61. The second-order valence-electron chi connectivity index (χ2n) is 23.7. The van der Waals surface area contributed by atoms with Crippen molar-refractivity contribution in [2.75, 3.05) is 43.8 Å². The minimum atomic E-state index is -0.389. The highest BCUT2D eigenvalue weighted by Gasteiger charge is 2.23. The van der Waals surface area contributed by atoms with Gasteiger partial charge >= 0.3 is 0 Å². The molecular formula is C76H67N29O5S3. The number of aromatic nitrogens is 22. The smallest absolute Gasteiger partial charge is 0.276 e. The molecule has 0 aliphatic heterocycles. The number of nitrogens with zero attached hydrogens (tertiary/aromatic N) is 22. The number of carbonyl (C=O) groups excluding carboxylic acids is 5. The lowest BCUT2D eigenvalue weighted by molar-refractivity contribution is 0.101. The lowest BCUT2D eigenvalue weighted by atomic mass is 10.2. The fourth-order valence-corrected chi connectivity index (χ4v) is 12.8. The van der Waals surface area contributed by atoms with Gasteiger partial charge in [-0.25, -0.2) is 34.9 Å². The Kier molecular flexibility index (Phi) is 25.4. The first-order valence-electron chi connectivity index (χ1n) is 34.3. The first-order chi connectivity index (χ1) is 54.7. The Labute approximate surface area is 656 Å². The molecule has 0 aliphatic rings. The van der Waals surface area contributed by atoms with Crippen molar-refractivity contribution in [2.24, 2.45) is 7.05 Å². The molecule has 0 fully saturated rings. The van der Waals surface area contributed by atoms with Crippen LogP contribution in [0.2, 0.25) is 0 Å². The highest BCUT2D eigenvalue weighted by molar-refractivity contribution is 7.18. The van der Waals surface area contributed by atoms with E-state index in [-0.39, 0.29) is 53.3 Å². The predicted octanol–water partition coefficient (Wildman–Crippen LogP) is 12.5. The summed E-state index contributed by atoms with van der Waals surface area (Å²) < 4.78 is 1.55. The van der Waals surface area contributed by atoms with Crippen LogP contribution in [0.4, 0.5) is 45.4 Å². The predicted molar refractivity (Wildman–Crippen MR) is 428 cm³/mol. The molecule has 5 amide bonds. The summed E-state index contributed by atoms with van der Waals surface area (Å²) in [6, 6.07) is 45.1. The van der Waals surface area contributed by atoms with Crippen molar-refractivity contribution in [3.05, 3.63) is 255 Å². The van der Waals surface area contributed by atoms with Crippen LogP contribution in [0, 0.1) is 48.5 Å². The van der Waals surface area contributed by atoms with Crippen molar-refractivity contribution in [1.29, 1.82) is 0 Å². The maximum Gasteiger partial charge on any atom is 0.276 e. The van der Waals surface area contributed by atoms with E-state index in [9.17, 15) is 24.0 Å². The molecule has 13 aromatic heterocycles. The van der Waals surface area contributed by atoms with Crippen LogP contribution in [-0.2, 0) is 7.05 Å². The third-order valence-electron chi connectivity index (χ3n) is 15.1. The largest absolute Gasteiger partial charge is 0.362 e. The van der Waals surface area contributed by atoms with Crippen molar-refractivity contribution < 1.29 is 24.0 Å². The number of benzene rings is 2. The monoisotopic (exact) mass is 1560 g/mol. The maximum absolute atomic E-state index is 12.8. The first kappa shape index (κ1) is 77.9. The molecule has 113 heavy (non-hydrogen) atoms. The van der Waals surface area contributed by atoms with Crippen LogP contribution in [0.3, 0.4) is 0 Å². The zero-order valence-corrected chi connectivity index (χ0v) is 64.2. The SMILES string of the molecule is CCNc1nc(C)c(C(=O)Nc2nc(C)nc(-c3ccccn3)n2)s1.Cc1nc(NC(=O)c2ccc(NC(=O)c3ccn(C)n3)cc2)nc(-c2ccccn2)n1.Cc1nc(NC(=O)c2sc(-c3ccccn3)nc2C)nc(-c2ccccn2)n1.Cc1nc(NC(=O)c2sc(Nc3ccccc3)nc2C)nc(-c2ccccn2)n1. The normalized spacial score (nSPS) is 10.6. The van der Waals surface area contributed by atoms with E-state index in [1.807, 2.05) is 97.9 Å². The maximum atomic E-state index is 12.8. The van der Waals surface area contributed by atoms with Crippen LogP contribution in [0.15, 0.2) is 189 Å². The topological polar surface area (TPSA) is 445 Å². The Bertz CT molecular complexity index is 5830. The van der Waals surface area contributed by atoms with Gasteiger partial charge < -0.3 is 16.0 Å². The Morgan fingerprint density at radius 1 is 0.345 bits per heavy atom. The first-order valence-corrected chi connectivity index (χ1v) is 36.8. The second kappa shape index (κ2) is 36.9. The summed E-state index contributed by atoms with van der Waals surface area (Å²) in [5, 5.41) is 26.0. The number of anilines is 8. The van der Waals surface area contributed by atoms with Crippen molar-refractivity contribution >= 4 is 109 Å². The van der Waals surface area contributed by atoms with Gasteiger partial charge in [-0.3, -0.25) is 74.8 Å². The number of pyridine rings is 5. The molecule has 0 aliphatic carbocycles. The zero-order valence-electron chi connectivity index (χ0n) is 61.7. The standard InChI is InChI=1S/C21H18N8O2.C20H17N7OS.C19H15N7OS.C16H17N7OS/c1-13-23-18(16-5-3-4-11-22-16)26-21(24-13)27-19(30)14-6-8-15(9-7-14)25-20(31)17-10-12-29(2)28-17;1-12-16(29-20(22-12)25-14-8-4-3-5-9-14)18(28)27-19-24-13(2)23-17(26-19)15-10-6-7-11-21-15;1-11-15(28-18(22-11)14-8-4-6-10-21-14)17(27)26-19-24-12(2)23-16(25-19)13-7-3-5-9-20-13;1-4-17-16-19-9(2)12(25-16)14(24)23-15-21-10(3)20-13(22-15)11-7-5-6-8-18-11/h3-12H,1-2H3,(H,25,31)(H,23,24,26,27,30);3-11H,1-2H3,(H,22,25)(H,23,24,26,27,28);3-10H,1-2H3,(H,23,24,25,26,27);5-8H,4H2,1-3H3,(H,17,19)(H,20,21,22,23,24). The Balaban J connectivity index is 0.000000140. The Morgan fingerprint density at radius 2 is 0.717 bits per heavy atom. The van der Waals surface area contributed by atoms with Gasteiger partial charge in [0.15, 0.2) is 39.3 Å². The average molecular weight is 1560 g/mol. The lowest BCUT2D eigenvalue weighted by Crippen LogP contribution is -2.16. The van der Waals surface area contributed by atoms with E-state index in [2.05, 4.69) is 142 Å². The van der Waals surface area contributed by atoms with Crippen molar-refractivity contribution in [1.82, 2.24) is 109 Å². The van der Waals surface area contributed by atoms with E-state index in [0.29, 0.717) is 133 Å². The summed E-state index contributed by atoms with van der Waals surface area (Å²) in [6.45, 7) is 15.0. The van der Waals surface area contributed by atoms with Gasteiger partial charge in [-0.2, -0.15) is 45.0 Å². The van der Waals surface area contributed by atoms with Gasteiger partial charge in [0.25, 0.3) is 29.5 Å². The minimum Gasteiger partial charge on any atom is -0.362 e. The summed E-state index contributed by atoms with van der Waals surface area (Å²) in [7, 11) is 1.73. The molecule has 15 rings (SSSR count). The van der Waals surface area contributed by atoms with Crippen molar-refractivity contribution in [3.8, 4) is 56.8 Å². The summed E-state index contributed by atoms with van der Waals surface area (Å²) in [6.07, 6.45) is 10.0. The van der Waals surface area contributed by atoms with Crippen LogP contribution in [0.25, 0.3) is 56.8 Å². The van der Waals surface area contributed by atoms with Crippen LogP contribution in [0.1, 0.15) is 97.2 Å². The number of hydrogen-bond donors (Lipinski definition) is 7. The number of para-hydroxylation sites is 1. The van der Waals surface area contributed by atoms with Gasteiger partial charge in [0.05, 0.1) is 22.8 Å². The van der Waals surface area contributed by atoms with E-state index in [1.54, 1.807) is 158 Å². The Morgan fingerprint density at radius 3 is 1.11 bits per heavy atom. The van der Waals surface area contributed by atoms with Gasteiger partial charge in [-0.1, -0.05) is 71.2 Å². The number of nitrogens with one attached hydrogen (secondary N) is 7. The van der Waals surface area contributed by atoms with Crippen LogP contribution in [0.5, 0.6) is 0 Å². The summed E-state index contributed by atoms with van der Waals surface area (Å²) in [4.78, 5) is 150. The van der Waals surface area contributed by atoms with Gasteiger partial charge in [0.1, 0.15) is 65.7 Å². The number of thiazole rings is 3. The number of carbonyl (C=O) groups is 5. The number of amides is 5. The summed E-state index contributed by atoms with van der Waals surface area (Å²) in [5.41, 5.74) is 7.18. The highest BCUT2D eigenvalue weighted by Crippen LogP contribution is 2.30. The van der Waals surface area contributed by atoms with Gasteiger partial charge in [0, 0.05) is 67.7 Å². The molecule has 34 nitrogen and oxygen atoms in total. The fourth-order valence-electron chi connectivity index (χ4n) is 10.0. The summed E-state index contributed by atoms with van der Waals surface area (Å²) in [5.74, 6) is 2.53. The van der Waals surface area contributed by atoms with Gasteiger partial charge in [0.2, 0.25) is 23.8 Å². The van der Waals surface area contributed by atoms with E-state index in [4.69, 9.17) is 0 Å². The molecule has 0 spiro atoms. The molecular weight excluding hydrogens is 1500 g/mol. The molecule has 0 atom stereocenters. The van der Waals surface area contributed by atoms with Crippen molar-refractivity contribution in [2.45, 2.75) is 55.4 Å². The molecule has 564 valence electrons. The van der Waals surface area contributed by atoms with Gasteiger partial charge in [-0.15, -0.1) is 11.3 Å². The minimum absolute atomic E-state index is 0.130. The number of aryl methyl sites for hydroxylation is 8. The quantitative estimate of drug-likeness (QED) is 0.0395. The molecule has 0 saturated heterocycles. The molecule has 2 aromatic carbocycles. The molecule has 0 saturated carbocycles. The molecule has 0 radical (unpaired) electrons. The third kappa shape index (κ3) is 21.4. The van der Waals surface area contributed by atoms with E-state index in [0.717, 1.165) is 17.9 Å². The summed E-state index contributed by atoms with van der Waals surface area (Å²) >= 11 is 3.84. The van der Waals surface area contributed by atoms with Crippen LogP contribution >= 0.6 is 34.0 Å². The molecule has 0 bridgehead atoms. The molecule has 0 unspecified atom stereocenters. The Hall–Kier alpha value is -14.7. The highest BCUT2D eigenvalue weighted by atomic mass is 32.1. The third-order valence-corrected chi connectivity index (χ3v) is 18.4. The number of hydrogen-bond acceptors (Lipinski definition) is 31. The molecule has 7 N–H and O–H groups in total. The fraction of sp³-hybridized carbons (Fsp3) is 0.132. The van der Waals surface area contributed by atoms with Crippen LogP contribution in [-0.4, -0.2) is 146 Å². The number of rotatable bonds is 19. The second-order valence-corrected chi connectivity index (χ2v) is 26.7. The van der Waals surface area contributed by atoms with Crippen molar-refractivity contribution in [3.63, 3.8) is 0 Å². The van der Waals surface area contributed by atoms with E-state index >= 15 is 0 Å². The van der Waals surface area contributed by atoms with Crippen LogP contribution < -0.4 is 37.2 Å². The molecule has 15 aromatic rings.